The summed E-state index contributed by atoms with van der Waals surface area (Å²) in [5, 5.41) is 17.6. The Morgan fingerprint density at radius 2 is 1.78 bits per heavy atom. The number of rotatable bonds is 9. The number of ether oxygens (including phenoxy) is 3. The smallest absolute Gasteiger partial charge is 0.431 e. The molecular weight excluding hydrogens is 480 g/mol. The Kier molecular flexibility index (Phi) is 8.62. The summed E-state index contributed by atoms with van der Waals surface area (Å²) in [5.41, 5.74) is 9.05. The Morgan fingerprint density at radius 1 is 1.00 bits per heavy atom. The van der Waals surface area contributed by atoms with Gasteiger partial charge >= 0.3 is 12.1 Å². The van der Waals surface area contributed by atoms with Crippen molar-refractivity contribution in [1.82, 2.24) is 10.2 Å². The minimum Gasteiger partial charge on any atom is -0.431 e. The van der Waals surface area contributed by atoms with Crippen molar-refractivity contribution in [3.05, 3.63) is 59.1 Å². The third-order valence-electron chi connectivity index (χ3n) is 5.87. The molecule has 1 aliphatic carbocycles. The summed E-state index contributed by atoms with van der Waals surface area (Å²) < 4.78 is 15.1. The summed E-state index contributed by atoms with van der Waals surface area (Å²) >= 11 is 1.36. The van der Waals surface area contributed by atoms with Crippen LogP contribution in [0.1, 0.15) is 49.1 Å². The van der Waals surface area contributed by atoms with Gasteiger partial charge in [0, 0.05) is 17.5 Å². The van der Waals surface area contributed by atoms with Crippen molar-refractivity contribution in [1.29, 1.82) is 5.41 Å². The third kappa shape index (κ3) is 6.88. The van der Waals surface area contributed by atoms with Gasteiger partial charge in [0.05, 0.1) is 6.42 Å². The zero-order valence-electron chi connectivity index (χ0n) is 19.8. The fraction of sp³-hybridized carbons (Fsp3) is 0.346. The van der Waals surface area contributed by atoms with Gasteiger partial charge in [0.25, 0.3) is 0 Å². The van der Waals surface area contributed by atoms with Crippen LogP contribution in [0, 0.1) is 5.41 Å². The molecule has 3 aromatic rings. The van der Waals surface area contributed by atoms with Crippen LogP contribution in [0.2, 0.25) is 0 Å². The second-order valence-corrected chi connectivity index (χ2v) is 9.51. The number of aryl methyl sites for hydroxylation is 1. The fourth-order valence-corrected chi connectivity index (χ4v) is 4.87. The van der Waals surface area contributed by atoms with Gasteiger partial charge in [0.15, 0.2) is 0 Å². The largest absolute Gasteiger partial charge is 0.511 e. The zero-order chi connectivity index (χ0) is 25.3. The standard InChI is InChI=1S/C26H28N4O5S/c27-24(28)18-11-12-20(17-7-3-1-4-8-17)21(15-18)25-30-29-22(36-25)13-14-23(31)33-16-34-26(32)35-19-9-5-2-6-10-19/h1,3-4,7-8,11-12,15,19H,2,5-6,9-10,13-14,16H2,(H3,27,28). The van der Waals surface area contributed by atoms with Crippen LogP contribution in [-0.4, -0.2) is 41.1 Å². The maximum absolute atomic E-state index is 12.1. The maximum Gasteiger partial charge on any atom is 0.511 e. The van der Waals surface area contributed by atoms with Crippen molar-refractivity contribution in [2.45, 2.75) is 51.0 Å². The summed E-state index contributed by atoms with van der Waals surface area (Å²) in [6.07, 6.45) is 4.37. The highest BCUT2D eigenvalue weighted by atomic mass is 32.1. The molecule has 0 radical (unpaired) electrons. The van der Waals surface area contributed by atoms with E-state index in [0.29, 0.717) is 22.0 Å². The SMILES string of the molecule is N=C(N)c1ccc(-c2ccccc2)c(-c2nnc(CCC(=O)OCOC(=O)OC3CCCCC3)s2)c1. The lowest BCUT2D eigenvalue weighted by Gasteiger charge is -2.21. The molecule has 0 bridgehead atoms. The molecule has 1 aliphatic rings. The number of hydrogen-bond acceptors (Lipinski definition) is 9. The van der Waals surface area contributed by atoms with Crippen molar-refractivity contribution < 1.29 is 23.8 Å². The summed E-state index contributed by atoms with van der Waals surface area (Å²) in [5.74, 6) is -0.547. The normalized spacial score (nSPS) is 13.7. The molecule has 3 N–H and O–H groups in total. The van der Waals surface area contributed by atoms with E-state index >= 15 is 0 Å². The van der Waals surface area contributed by atoms with Gasteiger partial charge in [-0.25, -0.2) is 4.79 Å². The molecule has 9 nitrogen and oxygen atoms in total. The summed E-state index contributed by atoms with van der Waals surface area (Å²) in [6.45, 7) is -0.482. The number of nitrogens with one attached hydrogen (secondary N) is 1. The molecule has 1 fully saturated rings. The summed E-state index contributed by atoms with van der Waals surface area (Å²) in [4.78, 5) is 23.8. The number of carbonyl (C=O) groups excluding carboxylic acids is 2. The Balaban J connectivity index is 1.32. The van der Waals surface area contributed by atoms with Crippen LogP contribution in [0.3, 0.4) is 0 Å². The molecule has 0 saturated heterocycles. The van der Waals surface area contributed by atoms with E-state index in [0.717, 1.165) is 48.8 Å². The Hall–Kier alpha value is -3.79. The molecule has 0 aliphatic heterocycles. The predicted molar refractivity (Wildman–Crippen MR) is 136 cm³/mol. The van der Waals surface area contributed by atoms with Gasteiger partial charge in [0.1, 0.15) is 22.0 Å². The number of aromatic nitrogens is 2. The predicted octanol–water partition coefficient (Wildman–Crippen LogP) is 5.08. The van der Waals surface area contributed by atoms with Gasteiger partial charge in [-0.2, -0.15) is 0 Å². The number of nitrogens with two attached hydrogens (primary N) is 1. The van der Waals surface area contributed by atoms with Crippen LogP contribution in [0.15, 0.2) is 48.5 Å². The minimum atomic E-state index is -0.814. The molecule has 1 saturated carbocycles. The molecule has 36 heavy (non-hydrogen) atoms. The van der Waals surface area contributed by atoms with E-state index in [1.54, 1.807) is 6.07 Å². The lowest BCUT2D eigenvalue weighted by molar-refractivity contribution is -0.153. The van der Waals surface area contributed by atoms with Gasteiger partial charge in [-0.05, 0) is 42.9 Å². The van der Waals surface area contributed by atoms with Crippen molar-refractivity contribution in [2.75, 3.05) is 6.79 Å². The fourth-order valence-electron chi connectivity index (χ4n) is 4.00. The van der Waals surface area contributed by atoms with Crippen LogP contribution in [0.5, 0.6) is 0 Å². The second-order valence-electron chi connectivity index (χ2n) is 8.45. The van der Waals surface area contributed by atoms with E-state index in [1.165, 1.54) is 11.3 Å². The highest BCUT2D eigenvalue weighted by Crippen LogP contribution is 2.34. The van der Waals surface area contributed by atoms with Gasteiger partial charge < -0.3 is 19.9 Å². The number of benzene rings is 2. The molecule has 4 rings (SSSR count). The highest BCUT2D eigenvalue weighted by Gasteiger charge is 2.19. The number of amidine groups is 1. The van der Waals surface area contributed by atoms with Crippen molar-refractivity contribution in [3.8, 4) is 21.7 Å². The van der Waals surface area contributed by atoms with Gasteiger partial charge in [0.2, 0.25) is 6.79 Å². The minimum absolute atomic E-state index is 0.0341. The Morgan fingerprint density at radius 3 is 2.53 bits per heavy atom. The van der Waals surface area contributed by atoms with E-state index in [2.05, 4.69) is 10.2 Å². The molecule has 0 unspecified atom stereocenters. The molecule has 1 heterocycles. The molecule has 0 amide bonds. The number of carbonyl (C=O) groups is 2. The maximum atomic E-state index is 12.1. The van der Waals surface area contributed by atoms with E-state index < -0.39 is 18.9 Å². The van der Waals surface area contributed by atoms with Gasteiger partial charge in [-0.1, -0.05) is 60.2 Å². The van der Waals surface area contributed by atoms with Crippen LogP contribution in [0.4, 0.5) is 4.79 Å². The molecule has 0 atom stereocenters. The lowest BCUT2D eigenvalue weighted by atomic mass is 9.97. The van der Waals surface area contributed by atoms with Crippen molar-refractivity contribution in [3.63, 3.8) is 0 Å². The molecule has 1 aromatic heterocycles. The van der Waals surface area contributed by atoms with E-state index in [9.17, 15) is 9.59 Å². The van der Waals surface area contributed by atoms with Crippen LogP contribution >= 0.6 is 11.3 Å². The molecular formula is C26H28N4O5S. The summed E-state index contributed by atoms with van der Waals surface area (Å²) in [6, 6.07) is 15.4. The lowest BCUT2D eigenvalue weighted by Crippen LogP contribution is -2.22. The molecule has 0 spiro atoms. The van der Waals surface area contributed by atoms with Crippen LogP contribution in [-0.2, 0) is 25.4 Å². The van der Waals surface area contributed by atoms with Gasteiger partial charge in [-0.15, -0.1) is 10.2 Å². The van der Waals surface area contributed by atoms with Crippen LogP contribution in [0.25, 0.3) is 21.7 Å². The molecule has 10 heteroatoms. The highest BCUT2D eigenvalue weighted by molar-refractivity contribution is 7.14. The first-order valence-corrected chi connectivity index (χ1v) is 12.7. The average molecular weight is 509 g/mol. The first-order chi connectivity index (χ1) is 17.5. The first-order valence-electron chi connectivity index (χ1n) is 11.9. The number of hydrogen-bond donors (Lipinski definition) is 2. The summed E-state index contributed by atoms with van der Waals surface area (Å²) in [7, 11) is 0. The molecule has 2 aromatic carbocycles. The van der Waals surface area contributed by atoms with Crippen molar-refractivity contribution >= 4 is 29.3 Å². The second kappa shape index (κ2) is 12.3. The van der Waals surface area contributed by atoms with E-state index in [4.69, 9.17) is 25.4 Å². The zero-order valence-corrected chi connectivity index (χ0v) is 20.6. The third-order valence-corrected chi connectivity index (χ3v) is 6.88. The number of nitrogens with zero attached hydrogens (tertiary/aromatic N) is 2. The first kappa shape index (κ1) is 25.3. The van der Waals surface area contributed by atoms with E-state index in [-0.39, 0.29) is 18.4 Å². The van der Waals surface area contributed by atoms with E-state index in [1.807, 2.05) is 42.5 Å². The Bertz CT molecular complexity index is 1210. The topological polar surface area (TPSA) is 137 Å². The number of esters is 1. The van der Waals surface area contributed by atoms with Gasteiger partial charge in [-0.3, -0.25) is 10.2 Å². The monoisotopic (exact) mass is 508 g/mol. The Labute approximate surface area is 213 Å². The van der Waals surface area contributed by atoms with Crippen LogP contribution < -0.4 is 5.73 Å². The number of nitrogen functional groups attached to an aromatic ring is 1. The average Bonchev–Trinajstić information content (AvgIpc) is 3.37. The molecule has 188 valence electrons. The quantitative estimate of drug-likeness (QED) is 0.177. The van der Waals surface area contributed by atoms with Crippen molar-refractivity contribution in [2.24, 2.45) is 5.73 Å².